The Kier molecular flexibility index (Phi) is 0.327. The highest BCUT2D eigenvalue weighted by Crippen LogP contribution is 2.53. The fourth-order valence-electron chi connectivity index (χ4n) is 1.26. The van der Waals surface area contributed by atoms with Gasteiger partial charge in [-0.15, -0.1) is 0 Å². The molecule has 3 fully saturated rings. The lowest BCUT2D eigenvalue weighted by molar-refractivity contribution is -0.150. The van der Waals surface area contributed by atoms with Crippen molar-refractivity contribution in [1.82, 2.24) is 0 Å². The Morgan fingerprint density at radius 1 is 1.17 bits per heavy atom. The molecule has 0 aromatic heterocycles. The van der Waals surface area contributed by atoms with Gasteiger partial charge in [0.15, 0.2) is 0 Å². The topological polar surface area (TPSA) is 20.2 Å². The molecule has 3 saturated carbocycles. The van der Waals surface area contributed by atoms with Crippen LogP contribution in [0.3, 0.4) is 0 Å². The Morgan fingerprint density at radius 3 is 1.50 bits per heavy atom. The predicted octanol–water partition coefficient (Wildman–Crippen LogP) is 0.387. The van der Waals surface area contributed by atoms with Crippen molar-refractivity contribution < 1.29 is 5.11 Å². The zero-order valence-electron chi connectivity index (χ0n) is 3.59. The smallest absolute Gasteiger partial charge is 0.0597 e. The van der Waals surface area contributed by atoms with Gasteiger partial charge in [0, 0.05) is 0 Å². The van der Waals surface area contributed by atoms with Gasteiger partial charge in [-0.1, -0.05) is 0 Å². The summed E-state index contributed by atoms with van der Waals surface area (Å²) < 4.78 is 0. The van der Waals surface area contributed by atoms with Crippen molar-refractivity contribution in [3.05, 3.63) is 0 Å². The molecule has 3 rings (SSSR count). The van der Waals surface area contributed by atoms with Gasteiger partial charge in [-0.05, 0) is 24.7 Å². The fraction of sp³-hybridized carbons (Fsp3) is 1.00. The summed E-state index contributed by atoms with van der Waals surface area (Å²) in [5.41, 5.74) is 0. The van der Waals surface area contributed by atoms with Gasteiger partial charge in [-0.2, -0.15) is 0 Å². The normalized spacial score (nSPS) is 62.5. The lowest BCUT2D eigenvalue weighted by Crippen LogP contribution is -2.54. The van der Waals surface area contributed by atoms with E-state index in [-0.39, 0.29) is 6.10 Å². The zero-order chi connectivity index (χ0) is 4.15. The molecular weight excluding hydrogens is 76.1 g/mol. The summed E-state index contributed by atoms with van der Waals surface area (Å²) in [4.78, 5) is 0. The van der Waals surface area contributed by atoms with E-state index >= 15 is 0 Å². The third-order valence-corrected chi connectivity index (χ3v) is 2.18. The summed E-state index contributed by atoms with van der Waals surface area (Å²) in [5, 5.41) is 8.77. The van der Waals surface area contributed by atoms with Gasteiger partial charge in [0.1, 0.15) is 0 Å². The molecule has 1 nitrogen and oxygen atoms in total. The van der Waals surface area contributed by atoms with E-state index in [1.807, 2.05) is 0 Å². The van der Waals surface area contributed by atoms with Crippen LogP contribution in [0, 0.1) is 11.8 Å². The Balaban J connectivity index is 2.11. The molecule has 0 aromatic rings. The van der Waals surface area contributed by atoms with Gasteiger partial charge >= 0.3 is 0 Å². The molecule has 6 heavy (non-hydrogen) atoms. The van der Waals surface area contributed by atoms with Gasteiger partial charge in [-0.25, -0.2) is 0 Å². The molecule has 0 unspecified atom stereocenters. The number of hydrogen-bond donors (Lipinski definition) is 1. The van der Waals surface area contributed by atoms with E-state index in [1.54, 1.807) is 0 Å². The minimum absolute atomic E-state index is 0.130. The molecule has 2 bridgehead atoms. The average molecular weight is 84.1 g/mol. The summed E-state index contributed by atoms with van der Waals surface area (Å²) in [5.74, 6) is 1.46. The van der Waals surface area contributed by atoms with Crippen LogP contribution in [0.1, 0.15) is 12.8 Å². The molecule has 3 aliphatic rings. The summed E-state index contributed by atoms with van der Waals surface area (Å²) in [6, 6.07) is 0. The molecule has 0 radical (unpaired) electrons. The second-order valence-corrected chi connectivity index (χ2v) is 2.48. The van der Waals surface area contributed by atoms with Crippen LogP contribution in [0.5, 0.6) is 0 Å². The largest absolute Gasteiger partial charge is 0.393 e. The molecule has 1 N–H and O–H groups in total. The van der Waals surface area contributed by atoms with Crippen LogP contribution in [-0.2, 0) is 0 Å². The van der Waals surface area contributed by atoms with Crippen molar-refractivity contribution in [2.75, 3.05) is 0 Å². The molecule has 0 saturated heterocycles. The first-order valence-electron chi connectivity index (χ1n) is 2.56. The quantitative estimate of drug-likeness (QED) is 0.450. The molecule has 0 aromatic carbocycles. The zero-order valence-corrected chi connectivity index (χ0v) is 3.59. The van der Waals surface area contributed by atoms with E-state index < -0.39 is 0 Å². The number of aliphatic hydroxyl groups is 1. The molecule has 0 atom stereocenters. The average Bonchev–Trinajstić information content (AvgIpc) is 1.28. The van der Waals surface area contributed by atoms with Crippen LogP contribution >= 0.6 is 0 Å². The number of aliphatic hydroxyl groups excluding tert-OH is 1. The molecule has 34 valence electrons. The van der Waals surface area contributed by atoms with Crippen LogP contribution in [-0.4, -0.2) is 11.2 Å². The SMILES string of the molecule is OC1C2CC1C2. The molecular formula is C5H8O. The Bertz CT molecular complexity index is 66.0. The maximum Gasteiger partial charge on any atom is 0.0597 e. The first-order valence-corrected chi connectivity index (χ1v) is 2.56. The first-order chi connectivity index (χ1) is 2.88. The van der Waals surface area contributed by atoms with Crippen molar-refractivity contribution in [3.8, 4) is 0 Å². The van der Waals surface area contributed by atoms with E-state index in [0.717, 1.165) is 11.8 Å². The van der Waals surface area contributed by atoms with Crippen molar-refractivity contribution in [1.29, 1.82) is 0 Å². The van der Waals surface area contributed by atoms with Crippen molar-refractivity contribution >= 4 is 0 Å². The van der Waals surface area contributed by atoms with E-state index in [1.165, 1.54) is 12.8 Å². The maximum atomic E-state index is 8.77. The van der Waals surface area contributed by atoms with Crippen molar-refractivity contribution in [2.45, 2.75) is 18.9 Å². The monoisotopic (exact) mass is 84.1 g/mol. The van der Waals surface area contributed by atoms with Crippen LogP contribution in [0.2, 0.25) is 0 Å². The van der Waals surface area contributed by atoms with Gasteiger partial charge < -0.3 is 5.11 Å². The predicted molar refractivity (Wildman–Crippen MR) is 22.2 cm³/mol. The van der Waals surface area contributed by atoms with E-state index in [2.05, 4.69) is 0 Å². The summed E-state index contributed by atoms with van der Waals surface area (Å²) in [6.07, 6.45) is 2.77. The summed E-state index contributed by atoms with van der Waals surface area (Å²) >= 11 is 0. The highest BCUT2D eigenvalue weighted by atomic mass is 16.3. The Labute approximate surface area is 37.0 Å². The molecule has 3 aliphatic carbocycles. The van der Waals surface area contributed by atoms with Crippen LogP contribution in [0.25, 0.3) is 0 Å². The number of rotatable bonds is 0. The van der Waals surface area contributed by atoms with Gasteiger partial charge in [0.25, 0.3) is 0 Å². The van der Waals surface area contributed by atoms with Gasteiger partial charge in [-0.3, -0.25) is 0 Å². The van der Waals surface area contributed by atoms with Crippen LogP contribution in [0.15, 0.2) is 0 Å². The Hall–Kier alpha value is -0.0400. The lowest BCUT2D eigenvalue weighted by Gasteiger charge is -2.54. The summed E-state index contributed by atoms with van der Waals surface area (Å²) in [6.45, 7) is 0. The fourth-order valence-corrected chi connectivity index (χ4v) is 1.26. The first kappa shape index (κ1) is 3.03. The third-order valence-electron chi connectivity index (χ3n) is 2.18. The summed E-state index contributed by atoms with van der Waals surface area (Å²) in [7, 11) is 0. The minimum Gasteiger partial charge on any atom is -0.393 e. The molecule has 1 heteroatoms. The highest BCUT2D eigenvalue weighted by Gasteiger charge is 2.51. The lowest BCUT2D eigenvalue weighted by atomic mass is 9.54. The van der Waals surface area contributed by atoms with Crippen molar-refractivity contribution in [2.24, 2.45) is 11.8 Å². The minimum atomic E-state index is 0.130. The van der Waals surface area contributed by atoms with Crippen LogP contribution in [0.4, 0.5) is 0 Å². The van der Waals surface area contributed by atoms with Crippen LogP contribution < -0.4 is 0 Å². The van der Waals surface area contributed by atoms with Crippen molar-refractivity contribution in [3.63, 3.8) is 0 Å². The standard InChI is InChI=1S/C5H8O/c6-5-3-1-4(5)2-3/h3-6H,1-2H2. The third kappa shape index (κ3) is 0.136. The Morgan fingerprint density at radius 2 is 1.50 bits per heavy atom. The highest BCUT2D eigenvalue weighted by molar-refractivity contribution is 5.01. The molecule has 0 aliphatic heterocycles. The van der Waals surface area contributed by atoms with Gasteiger partial charge in [0.2, 0.25) is 0 Å². The molecule has 0 spiro atoms. The van der Waals surface area contributed by atoms with E-state index in [0.29, 0.717) is 0 Å². The second kappa shape index (κ2) is 0.648. The number of hydrogen-bond acceptors (Lipinski definition) is 1. The molecule has 0 amide bonds. The van der Waals surface area contributed by atoms with E-state index in [4.69, 9.17) is 5.11 Å². The molecule has 0 heterocycles. The second-order valence-electron chi connectivity index (χ2n) is 2.48. The van der Waals surface area contributed by atoms with Gasteiger partial charge in [0.05, 0.1) is 6.10 Å². The maximum absolute atomic E-state index is 8.77. The van der Waals surface area contributed by atoms with E-state index in [9.17, 15) is 0 Å².